The Morgan fingerprint density at radius 3 is 2.42 bits per heavy atom. The van der Waals surface area contributed by atoms with E-state index in [1.165, 1.54) is 15.1 Å². The Morgan fingerprint density at radius 1 is 1.11 bits per heavy atom. The van der Waals surface area contributed by atoms with E-state index in [0.29, 0.717) is 4.90 Å². The van der Waals surface area contributed by atoms with Gasteiger partial charge >= 0.3 is 0 Å². The van der Waals surface area contributed by atoms with Crippen LogP contribution in [0.25, 0.3) is 5.57 Å². The summed E-state index contributed by atoms with van der Waals surface area (Å²) in [6.07, 6.45) is 5.60. The molecule has 0 aliphatic heterocycles. The van der Waals surface area contributed by atoms with E-state index < -0.39 is 10.0 Å². The van der Waals surface area contributed by atoms with Gasteiger partial charge in [0, 0.05) is 12.4 Å². The van der Waals surface area contributed by atoms with Crippen LogP contribution in [0.4, 0.5) is 0 Å². The predicted octanol–water partition coefficient (Wildman–Crippen LogP) is 3.29. The fourth-order valence-corrected chi connectivity index (χ4v) is 3.32. The standard InChI is InChI=1S/C15H15NO2S/c1-12(13-7-8-13)14-9-10-16(11-14)19(17,18)15-5-3-2-4-6-15/h2-6,9-11H,7-8H2,1H3. The smallest absolute Gasteiger partial charge is 0.248 e. The van der Waals surface area contributed by atoms with Gasteiger partial charge in [-0.3, -0.25) is 0 Å². The number of hydrogen-bond donors (Lipinski definition) is 0. The molecule has 0 bridgehead atoms. The second-order valence-electron chi connectivity index (χ2n) is 4.78. The zero-order chi connectivity index (χ0) is 13.5. The summed E-state index contributed by atoms with van der Waals surface area (Å²) in [7, 11) is -3.46. The van der Waals surface area contributed by atoms with E-state index in [0.717, 1.165) is 18.4 Å². The number of rotatable bonds is 3. The van der Waals surface area contributed by atoms with E-state index in [-0.39, 0.29) is 0 Å². The summed E-state index contributed by atoms with van der Waals surface area (Å²) in [4.78, 5) is 0.314. The Bertz CT molecular complexity index is 733. The van der Waals surface area contributed by atoms with Crippen molar-refractivity contribution in [1.82, 2.24) is 3.97 Å². The van der Waals surface area contributed by atoms with Gasteiger partial charge in [-0.05, 0) is 49.1 Å². The summed E-state index contributed by atoms with van der Waals surface area (Å²) < 4.78 is 26.1. The van der Waals surface area contributed by atoms with Crippen molar-refractivity contribution in [2.24, 2.45) is 0 Å². The molecule has 0 amide bonds. The molecule has 1 saturated carbocycles. The highest BCUT2D eigenvalue weighted by molar-refractivity contribution is 7.90. The maximum absolute atomic E-state index is 12.4. The van der Waals surface area contributed by atoms with Gasteiger partial charge in [0.25, 0.3) is 10.0 Å². The van der Waals surface area contributed by atoms with Crippen molar-refractivity contribution in [3.8, 4) is 0 Å². The summed E-state index contributed by atoms with van der Waals surface area (Å²) in [5, 5.41) is 0. The molecule has 0 radical (unpaired) electrons. The van der Waals surface area contributed by atoms with E-state index >= 15 is 0 Å². The van der Waals surface area contributed by atoms with Crippen molar-refractivity contribution in [2.45, 2.75) is 24.7 Å². The van der Waals surface area contributed by atoms with Crippen molar-refractivity contribution in [2.75, 3.05) is 0 Å². The molecule has 1 aromatic heterocycles. The quantitative estimate of drug-likeness (QED) is 0.860. The molecule has 19 heavy (non-hydrogen) atoms. The minimum Gasteiger partial charge on any atom is -0.248 e. The second kappa shape index (κ2) is 4.38. The molecule has 2 aromatic rings. The van der Waals surface area contributed by atoms with E-state index in [2.05, 4.69) is 6.92 Å². The minimum atomic E-state index is -3.46. The normalized spacial score (nSPS) is 14.5. The number of hydrogen-bond acceptors (Lipinski definition) is 2. The Labute approximate surface area is 113 Å². The first-order chi connectivity index (χ1) is 9.09. The van der Waals surface area contributed by atoms with E-state index in [4.69, 9.17) is 0 Å². The van der Waals surface area contributed by atoms with Crippen molar-refractivity contribution in [3.63, 3.8) is 0 Å². The van der Waals surface area contributed by atoms with Crippen LogP contribution in [0.5, 0.6) is 0 Å². The maximum Gasteiger partial charge on any atom is 0.267 e. The molecule has 3 rings (SSSR count). The molecule has 1 fully saturated rings. The molecule has 0 unspecified atom stereocenters. The van der Waals surface area contributed by atoms with Crippen LogP contribution in [-0.2, 0) is 10.0 Å². The van der Waals surface area contributed by atoms with Crippen LogP contribution >= 0.6 is 0 Å². The highest BCUT2D eigenvalue weighted by Crippen LogP contribution is 2.36. The molecular formula is C15H15NO2S. The van der Waals surface area contributed by atoms with Crippen LogP contribution in [0.15, 0.2) is 59.3 Å². The lowest BCUT2D eigenvalue weighted by atomic mass is 10.1. The van der Waals surface area contributed by atoms with Crippen molar-refractivity contribution < 1.29 is 8.42 Å². The van der Waals surface area contributed by atoms with Crippen LogP contribution in [0.3, 0.4) is 0 Å². The SMILES string of the molecule is CC(=C1CC1)c1ccn(S(=O)(=O)c2ccccc2)c1. The summed E-state index contributed by atoms with van der Waals surface area (Å²) in [5.74, 6) is 0. The summed E-state index contributed by atoms with van der Waals surface area (Å²) >= 11 is 0. The molecule has 0 atom stereocenters. The van der Waals surface area contributed by atoms with E-state index in [9.17, 15) is 8.42 Å². The number of nitrogens with zero attached hydrogens (tertiary/aromatic N) is 1. The molecule has 0 spiro atoms. The first-order valence-corrected chi connectivity index (χ1v) is 7.70. The van der Waals surface area contributed by atoms with Crippen LogP contribution < -0.4 is 0 Å². The van der Waals surface area contributed by atoms with Gasteiger partial charge in [-0.1, -0.05) is 23.8 Å². The molecule has 98 valence electrons. The highest BCUT2D eigenvalue weighted by atomic mass is 32.2. The molecular weight excluding hydrogens is 258 g/mol. The van der Waals surface area contributed by atoms with E-state index in [1.807, 2.05) is 12.1 Å². The van der Waals surface area contributed by atoms with Gasteiger partial charge in [-0.2, -0.15) is 0 Å². The Kier molecular flexibility index (Phi) is 2.82. The largest absolute Gasteiger partial charge is 0.267 e. The van der Waals surface area contributed by atoms with Crippen LogP contribution in [-0.4, -0.2) is 12.4 Å². The van der Waals surface area contributed by atoms with Gasteiger partial charge in [0.1, 0.15) is 0 Å². The second-order valence-corrected chi connectivity index (χ2v) is 6.62. The summed E-state index contributed by atoms with van der Waals surface area (Å²) in [6.45, 7) is 2.05. The van der Waals surface area contributed by atoms with Gasteiger partial charge in [-0.25, -0.2) is 12.4 Å². The topological polar surface area (TPSA) is 39.1 Å². The van der Waals surface area contributed by atoms with E-state index in [1.54, 1.807) is 36.7 Å². The van der Waals surface area contributed by atoms with Gasteiger partial charge in [-0.15, -0.1) is 0 Å². The third-order valence-electron chi connectivity index (χ3n) is 3.45. The monoisotopic (exact) mass is 273 g/mol. The Morgan fingerprint density at radius 2 is 1.79 bits per heavy atom. The zero-order valence-electron chi connectivity index (χ0n) is 10.7. The Hall–Kier alpha value is -1.81. The molecule has 0 saturated heterocycles. The lowest BCUT2D eigenvalue weighted by Crippen LogP contribution is -2.10. The van der Waals surface area contributed by atoms with Crippen molar-refractivity contribution in [3.05, 3.63) is 59.9 Å². The van der Waals surface area contributed by atoms with Crippen LogP contribution in [0, 0.1) is 0 Å². The Balaban J connectivity index is 2.01. The van der Waals surface area contributed by atoms with Gasteiger partial charge < -0.3 is 0 Å². The third kappa shape index (κ3) is 2.24. The zero-order valence-corrected chi connectivity index (χ0v) is 11.5. The lowest BCUT2D eigenvalue weighted by Gasteiger charge is -2.05. The molecule has 1 aliphatic carbocycles. The van der Waals surface area contributed by atoms with Crippen molar-refractivity contribution >= 4 is 15.6 Å². The average molecular weight is 273 g/mol. The maximum atomic E-state index is 12.4. The lowest BCUT2D eigenvalue weighted by molar-refractivity contribution is 0.587. The first-order valence-electron chi connectivity index (χ1n) is 6.26. The van der Waals surface area contributed by atoms with Gasteiger partial charge in [0.05, 0.1) is 4.90 Å². The predicted molar refractivity (Wildman–Crippen MR) is 75.3 cm³/mol. The van der Waals surface area contributed by atoms with Gasteiger partial charge in [0.15, 0.2) is 0 Å². The molecule has 0 N–H and O–H groups in total. The molecule has 4 heteroatoms. The minimum absolute atomic E-state index is 0.314. The molecule has 3 nitrogen and oxygen atoms in total. The summed E-state index contributed by atoms with van der Waals surface area (Å²) in [6, 6.07) is 10.4. The van der Waals surface area contributed by atoms with Crippen molar-refractivity contribution in [1.29, 1.82) is 0 Å². The molecule has 1 aromatic carbocycles. The fourth-order valence-electron chi connectivity index (χ4n) is 2.10. The van der Waals surface area contributed by atoms with Crippen LogP contribution in [0.2, 0.25) is 0 Å². The fraction of sp³-hybridized carbons (Fsp3) is 0.200. The number of benzene rings is 1. The highest BCUT2D eigenvalue weighted by Gasteiger charge is 2.19. The molecule has 1 aliphatic rings. The van der Waals surface area contributed by atoms with Crippen LogP contribution in [0.1, 0.15) is 25.3 Å². The number of allylic oxidation sites excluding steroid dienone is 2. The van der Waals surface area contributed by atoms with Gasteiger partial charge in [0.2, 0.25) is 0 Å². The molecule has 1 heterocycles. The summed E-state index contributed by atoms with van der Waals surface area (Å²) in [5.41, 5.74) is 3.63. The number of aromatic nitrogens is 1. The third-order valence-corrected chi connectivity index (χ3v) is 5.10. The average Bonchev–Trinajstić information content (AvgIpc) is 3.15. The first kappa shape index (κ1) is 12.2.